The van der Waals surface area contributed by atoms with E-state index in [0.29, 0.717) is 0 Å². The van der Waals surface area contributed by atoms with Gasteiger partial charge in [-0.1, -0.05) is 44.8 Å². The average molecular weight is 351 g/mol. The summed E-state index contributed by atoms with van der Waals surface area (Å²) in [6.07, 6.45) is 11.2. The first-order chi connectivity index (χ1) is 11.8. The maximum absolute atomic E-state index is 12.8. The number of hydrogen-bond donors (Lipinski definition) is 3. The molecule has 2 saturated heterocycles. The van der Waals surface area contributed by atoms with Crippen LogP contribution in [0.5, 0.6) is 0 Å². The van der Waals surface area contributed by atoms with E-state index in [4.69, 9.17) is 4.74 Å². The molecule has 3 N–H and O–H groups in total. The summed E-state index contributed by atoms with van der Waals surface area (Å²) in [5.41, 5.74) is -2.01. The third-order valence-electron chi connectivity index (χ3n) is 6.71. The lowest BCUT2D eigenvalue weighted by Crippen LogP contribution is -2.87. The third-order valence-corrected chi connectivity index (χ3v) is 6.71. The summed E-state index contributed by atoms with van der Waals surface area (Å²) in [4.78, 5) is 12.8. The molecule has 3 aliphatic rings. The third kappa shape index (κ3) is 2.66. The number of allylic oxidation sites excluding steroid dienone is 1. The summed E-state index contributed by atoms with van der Waals surface area (Å²) < 4.78 is 5.88. The van der Waals surface area contributed by atoms with Crippen LogP contribution in [0.15, 0.2) is 12.2 Å². The summed E-state index contributed by atoms with van der Waals surface area (Å²) in [5, 5.41) is 25.0. The first kappa shape index (κ1) is 18.9. The molecule has 3 rings (SSSR count). The van der Waals surface area contributed by atoms with Crippen LogP contribution in [0.25, 0.3) is 0 Å². The summed E-state index contributed by atoms with van der Waals surface area (Å²) in [6.45, 7) is 5.60. The number of carbonyl (C=O) groups excluding carboxylic acids is 1. The minimum absolute atomic E-state index is 0.0670. The molecule has 0 aromatic heterocycles. The number of aliphatic hydroxyl groups excluding tert-OH is 1. The highest BCUT2D eigenvalue weighted by Crippen LogP contribution is 2.60. The van der Waals surface area contributed by atoms with Crippen LogP contribution < -0.4 is 5.32 Å². The number of amides is 1. The molecule has 0 radical (unpaired) electrons. The second-order valence-electron chi connectivity index (χ2n) is 8.36. The predicted molar refractivity (Wildman–Crippen MR) is 95.7 cm³/mol. The van der Waals surface area contributed by atoms with Crippen LogP contribution in [0.3, 0.4) is 0 Å². The SMILES string of the molecule is CCCCCC[C@H]1C(=O)NC2([C@H](O)C3C=CCCC3)C(C)(O)O[C@@]12C. The van der Waals surface area contributed by atoms with Crippen molar-refractivity contribution in [2.75, 3.05) is 0 Å². The average Bonchev–Trinajstić information content (AvgIpc) is 2.76. The number of fused-ring (bicyclic) bond motifs is 1. The quantitative estimate of drug-likeness (QED) is 0.487. The minimum atomic E-state index is -1.56. The van der Waals surface area contributed by atoms with Crippen molar-refractivity contribution in [3.8, 4) is 0 Å². The number of ether oxygens (including phenoxy) is 1. The Hall–Kier alpha value is -0.910. The van der Waals surface area contributed by atoms with Gasteiger partial charge in [-0.2, -0.15) is 0 Å². The molecule has 0 saturated carbocycles. The lowest BCUT2D eigenvalue weighted by Gasteiger charge is -2.65. The highest BCUT2D eigenvalue weighted by atomic mass is 16.7. The van der Waals surface area contributed by atoms with Gasteiger partial charge in [0.1, 0.15) is 11.1 Å². The van der Waals surface area contributed by atoms with Gasteiger partial charge in [0.2, 0.25) is 5.91 Å². The van der Waals surface area contributed by atoms with Gasteiger partial charge in [0, 0.05) is 5.92 Å². The van der Waals surface area contributed by atoms with Crippen molar-refractivity contribution in [1.29, 1.82) is 0 Å². The van der Waals surface area contributed by atoms with Crippen LogP contribution in [0.1, 0.15) is 72.1 Å². The number of rotatable bonds is 7. The van der Waals surface area contributed by atoms with E-state index in [2.05, 4.69) is 18.3 Å². The van der Waals surface area contributed by atoms with Gasteiger partial charge in [-0.05, 0) is 39.5 Å². The summed E-state index contributed by atoms with van der Waals surface area (Å²) in [6, 6.07) is 0. The van der Waals surface area contributed by atoms with Crippen molar-refractivity contribution in [1.82, 2.24) is 5.32 Å². The Labute approximate surface area is 150 Å². The fourth-order valence-electron chi connectivity index (χ4n) is 5.35. The number of nitrogens with one attached hydrogen (secondary N) is 1. The van der Waals surface area contributed by atoms with Gasteiger partial charge in [0.15, 0.2) is 5.79 Å². The van der Waals surface area contributed by atoms with Crippen molar-refractivity contribution in [2.24, 2.45) is 11.8 Å². The summed E-state index contributed by atoms with van der Waals surface area (Å²) in [7, 11) is 0. The van der Waals surface area contributed by atoms with Gasteiger partial charge in [-0.15, -0.1) is 0 Å². The molecule has 1 aliphatic carbocycles. The predicted octanol–water partition coefficient (Wildman–Crippen LogP) is 2.66. The van der Waals surface area contributed by atoms with Gasteiger partial charge in [0.25, 0.3) is 0 Å². The fraction of sp³-hybridized carbons (Fsp3) is 0.850. The molecular formula is C20H33NO4. The molecule has 2 heterocycles. The zero-order valence-corrected chi connectivity index (χ0v) is 15.8. The van der Waals surface area contributed by atoms with Gasteiger partial charge in [-0.25, -0.2) is 0 Å². The molecular weight excluding hydrogens is 318 g/mol. The molecule has 6 atom stereocenters. The monoisotopic (exact) mass is 351 g/mol. The highest BCUT2D eigenvalue weighted by Gasteiger charge is 2.82. The van der Waals surface area contributed by atoms with E-state index in [-0.39, 0.29) is 17.7 Å². The standard InChI is InChI=1S/C20H33NO4/c1-4-5-6-10-13-15-17(23)21-20(18(15,2)25-19(20,3)24)16(22)14-11-8-7-9-12-14/h8,11,14-16,22,24H,4-7,9-10,12-13H2,1-3H3,(H,21,23)/t14?,15-,16+,18-,19?,20?/m0/s1. The largest absolute Gasteiger partial charge is 0.390 e. The van der Waals surface area contributed by atoms with E-state index in [9.17, 15) is 15.0 Å². The normalized spacial score (nSPS) is 44.1. The number of hydrogen-bond acceptors (Lipinski definition) is 4. The van der Waals surface area contributed by atoms with Crippen LogP contribution in [0.4, 0.5) is 0 Å². The van der Waals surface area contributed by atoms with Crippen molar-refractivity contribution in [3.63, 3.8) is 0 Å². The van der Waals surface area contributed by atoms with Gasteiger partial charge in [-0.3, -0.25) is 4.79 Å². The molecule has 3 unspecified atom stereocenters. The highest BCUT2D eigenvalue weighted by molar-refractivity contribution is 5.86. The molecule has 0 aromatic carbocycles. The van der Waals surface area contributed by atoms with E-state index >= 15 is 0 Å². The molecule has 5 nitrogen and oxygen atoms in total. The van der Waals surface area contributed by atoms with Gasteiger partial charge >= 0.3 is 0 Å². The van der Waals surface area contributed by atoms with E-state index in [1.807, 2.05) is 13.0 Å². The van der Waals surface area contributed by atoms with Crippen LogP contribution >= 0.6 is 0 Å². The Bertz CT molecular complexity index is 546. The molecule has 142 valence electrons. The Morgan fingerprint density at radius 3 is 2.72 bits per heavy atom. The van der Waals surface area contributed by atoms with E-state index < -0.39 is 23.0 Å². The molecule has 0 aromatic rings. The molecule has 25 heavy (non-hydrogen) atoms. The minimum Gasteiger partial charge on any atom is -0.390 e. The van der Waals surface area contributed by atoms with Crippen LogP contribution in [-0.2, 0) is 9.53 Å². The maximum Gasteiger partial charge on any atom is 0.226 e. The summed E-state index contributed by atoms with van der Waals surface area (Å²) >= 11 is 0. The molecule has 2 aliphatic heterocycles. The molecule has 1 amide bonds. The molecule has 0 spiro atoms. The number of carbonyl (C=O) groups is 1. The van der Waals surface area contributed by atoms with Gasteiger partial charge in [0.05, 0.1) is 12.0 Å². The lowest BCUT2D eigenvalue weighted by atomic mass is 9.60. The molecule has 5 heteroatoms. The Balaban J connectivity index is 1.84. The Morgan fingerprint density at radius 1 is 1.36 bits per heavy atom. The first-order valence-electron chi connectivity index (χ1n) is 9.89. The Morgan fingerprint density at radius 2 is 2.12 bits per heavy atom. The van der Waals surface area contributed by atoms with Crippen molar-refractivity contribution in [2.45, 2.75) is 95.2 Å². The van der Waals surface area contributed by atoms with Crippen LogP contribution in [0, 0.1) is 11.8 Å². The lowest BCUT2D eigenvalue weighted by molar-refractivity contribution is -0.430. The molecule has 0 bridgehead atoms. The van der Waals surface area contributed by atoms with Crippen molar-refractivity contribution < 1.29 is 19.7 Å². The fourth-order valence-corrected chi connectivity index (χ4v) is 5.35. The van der Waals surface area contributed by atoms with E-state index in [0.717, 1.165) is 51.4 Å². The summed E-state index contributed by atoms with van der Waals surface area (Å²) in [5.74, 6) is -2.05. The second kappa shape index (κ2) is 6.67. The van der Waals surface area contributed by atoms with Crippen molar-refractivity contribution >= 4 is 5.91 Å². The van der Waals surface area contributed by atoms with Gasteiger partial charge < -0.3 is 20.3 Å². The van der Waals surface area contributed by atoms with E-state index in [1.165, 1.54) is 0 Å². The zero-order valence-electron chi connectivity index (χ0n) is 15.8. The second-order valence-corrected chi connectivity index (χ2v) is 8.36. The zero-order chi connectivity index (χ0) is 18.3. The number of aliphatic hydroxyl groups is 2. The molecule has 2 fully saturated rings. The topological polar surface area (TPSA) is 78.8 Å². The van der Waals surface area contributed by atoms with E-state index in [1.54, 1.807) is 6.92 Å². The van der Waals surface area contributed by atoms with Crippen LogP contribution in [0.2, 0.25) is 0 Å². The first-order valence-corrected chi connectivity index (χ1v) is 9.89. The smallest absolute Gasteiger partial charge is 0.226 e. The van der Waals surface area contributed by atoms with Crippen molar-refractivity contribution in [3.05, 3.63) is 12.2 Å². The van der Waals surface area contributed by atoms with Crippen LogP contribution in [-0.4, -0.2) is 39.2 Å². The number of unbranched alkanes of at least 4 members (excludes halogenated alkanes) is 3. The Kier molecular flexibility index (Phi) is 5.04. The maximum atomic E-state index is 12.8.